The molecule has 2 heterocycles. The average molecular weight is 290 g/mol. The molecule has 0 saturated carbocycles. The van der Waals surface area contributed by atoms with Crippen molar-refractivity contribution >= 4 is 11.8 Å². The lowest BCUT2D eigenvalue weighted by Crippen LogP contribution is -2.49. The van der Waals surface area contributed by atoms with Crippen LogP contribution in [0.2, 0.25) is 0 Å². The fraction of sp³-hybridized carbons (Fsp3) is 0.600. The van der Waals surface area contributed by atoms with Crippen LogP contribution in [0.1, 0.15) is 44.1 Å². The van der Waals surface area contributed by atoms with E-state index >= 15 is 0 Å². The summed E-state index contributed by atoms with van der Waals surface area (Å²) in [5, 5.41) is 2.95. The SMILES string of the molecule is CC(C)(C)C(=O)N1CCC(NC(=O)c2cnccn2)CC1. The summed E-state index contributed by atoms with van der Waals surface area (Å²) in [6.07, 6.45) is 6.03. The van der Waals surface area contributed by atoms with Gasteiger partial charge in [-0.05, 0) is 12.8 Å². The first-order valence-electron chi connectivity index (χ1n) is 7.24. The van der Waals surface area contributed by atoms with E-state index in [0.29, 0.717) is 18.8 Å². The second kappa shape index (κ2) is 6.20. The minimum absolute atomic E-state index is 0.0866. The molecule has 0 unspecified atom stereocenters. The Labute approximate surface area is 125 Å². The highest BCUT2D eigenvalue weighted by Gasteiger charge is 2.30. The van der Waals surface area contributed by atoms with E-state index < -0.39 is 0 Å². The molecule has 6 nitrogen and oxygen atoms in total. The molecule has 21 heavy (non-hydrogen) atoms. The van der Waals surface area contributed by atoms with Crippen LogP contribution in [0.5, 0.6) is 0 Å². The van der Waals surface area contributed by atoms with Crippen LogP contribution in [-0.2, 0) is 4.79 Å². The molecule has 0 spiro atoms. The maximum atomic E-state index is 12.2. The third kappa shape index (κ3) is 4.00. The van der Waals surface area contributed by atoms with Gasteiger partial charge in [0.05, 0.1) is 6.20 Å². The van der Waals surface area contributed by atoms with Gasteiger partial charge in [-0.15, -0.1) is 0 Å². The fourth-order valence-electron chi connectivity index (χ4n) is 2.38. The fourth-order valence-corrected chi connectivity index (χ4v) is 2.38. The number of likely N-dealkylation sites (tertiary alicyclic amines) is 1. The molecule has 2 amide bonds. The zero-order valence-electron chi connectivity index (χ0n) is 12.8. The maximum Gasteiger partial charge on any atom is 0.271 e. The van der Waals surface area contributed by atoms with Gasteiger partial charge in [0.2, 0.25) is 5.91 Å². The van der Waals surface area contributed by atoms with Crippen LogP contribution in [-0.4, -0.2) is 45.8 Å². The standard InChI is InChI=1S/C15H22N4O2/c1-15(2,3)14(21)19-8-4-11(5-9-19)18-13(20)12-10-16-6-7-17-12/h6-7,10-11H,4-5,8-9H2,1-3H3,(H,18,20). The number of aromatic nitrogens is 2. The maximum absolute atomic E-state index is 12.2. The van der Waals surface area contributed by atoms with Crippen LogP contribution in [0.25, 0.3) is 0 Å². The molecule has 1 aliphatic heterocycles. The van der Waals surface area contributed by atoms with Gasteiger partial charge < -0.3 is 10.2 Å². The molecule has 1 fully saturated rings. The normalized spacial score (nSPS) is 16.6. The van der Waals surface area contributed by atoms with Crippen LogP contribution < -0.4 is 5.32 Å². The second-order valence-electron chi connectivity index (χ2n) is 6.38. The number of nitrogens with one attached hydrogen (secondary N) is 1. The highest BCUT2D eigenvalue weighted by Crippen LogP contribution is 2.21. The highest BCUT2D eigenvalue weighted by molar-refractivity contribution is 5.92. The van der Waals surface area contributed by atoms with Gasteiger partial charge in [0.25, 0.3) is 5.91 Å². The number of piperidine rings is 1. The molecule has 0 aliphatic carbocycles. The molecule has 114 valence electrons. The number of hydrogen-bond donors (Lipinski definition) is 1. The van der Waals surface area contributed by atoms with Gasteiger partial charge in [0, 0.05) is 36.9 Å². The van der Waals surface area contributed by atoms with Crippen molar-refractivity contribution in [2.24, 2.45) is 5.41 Å². The van der Waals surface area contributed by atoms with Crippen molar-refractivity contribution in [3.8, 4) is 0 Å². The Bertz CT molecular complexity index is 502. The van der Waals surface area contributed by atoms with Crippen LogP contribution in [0, 0.1) is 5.41 Å². The minimum atomic E-state index is -0.351. The van der Waals surface area contributed by atoms with E-state index in [1.807, 2.05) is 25.7 Å². The van der Waals surface area contributed by atoms with Crippen molar-refractivity contribution in [2.75, 3.05) is 13.1 Å². The summed E-state index contributed by atoms with van der Waals surface area (Å²) in [5.41, 5.74) is -0.0268. The number of hydrogen-bond acceptors (Lipinski definition) is 4. The predicted molar refractivity (Wildman–Crippen MR) is 78.6 cm³/mol. The molecular formula is C15H22N4O2. The summed E-state index contributed by atoms with van der Waals surface area (Å²) in [6, 6.07) is 0.0866. The Kier molecular flexibility index (Phi) is 4.55. The van der Waals surface area contributed by atoms with Crippen LogP contribution in [0.4, 0.5) is 0 Å². The molecule has 1 aliphatic rings. The molecule has 6 heteroatoms. The summed E-state index contributed by atoms with van der Waals surface area (Å²) in [4.78, 5) is 33.9. The molecule has 1 aromatic rings. The Balaban J connectivity index is 1.85. The quantitative estimate of drug-likeness (QED) is 0.889. The van der Waals surface area contributed by atoms with Gasteiger partial charge >= 0.3 is 0 Å². The predicted octanol–water partition coefficient (Wildman–Crippen LogP) is 1.24. The lowest BCUT2D eigenvalue weighted by molar-refractivity contribution is -0.140. The lowest BCUT2D eigenvalue weighted by atomic mass is 9.93. The van der Waals surface area contributed by atoms with E-state index in [4.69, 9.17) is 0 Å². The molecule has 1 N–H and O–H groups in total. The summed E-state index contributed by atoms with van der Waals surface area (Å²) >= 11 is 0. The second-order valence-corrected chi connectivity index (χ2v) is 6.38. The first-order valence-corrected chi connectivity index (χ1v) is 7.24. The van der Waals surface area contributed by atoms with Crippen molar-refractivity contribution in [3.05, 3.63) is 24.3 Å². The zero-order chi connectivity index (χ0) is 15.5. The molecular weight excluding hydrogens is 268 g/mol. The van der Waals surface area contributed by atoms with E-state index in [0.717, 1.165) is 12.8 Å². The van der Waals surface area contributed by atoms with Gasteiger partial charge in [0.15, 0.2) is 0 Å². The van der Waals surface area contributed by atoms with E-state index in [9.17, 15) is 9.59 Å². The summed E-state index contributed by atoms with van der Waals surface area (Å²) in [7, 11) is 0. The third-order valence-corrected chi connectivity index (χ3v) is 3.55. The van der Waals surface area contributed by atoms with E-state index in [1.54, 1.807) is 0 Å². The van der Waals surface area contributed by atoms with E-state index in [1.165, 1.54) is 18.6 Å². The number of amides is 2. The smallest absolute Gasteiger partial charge is 0.271 e. The van der Waals surface area contributed by atoms with Crippen molar-refractivity contribution < 1.29 is 9.59 Å². The van der Waals surface area contributed by atoms with Crippen LogP contribution in [0.3, 0.4) is 0 Å². The Hall–Kier alpha value is -1.98. The Morgan fingerprint density at radius 2 is 1.90 bits per heavy atom. The van der Waals surface area contributed by atoms with Crippen molar-refractivity contribution in [2.45, 2.75) is 39.7 Å². The van der Waals surface area contributed by atoms with Gasteiger partial charge in [0.1, 0.15) is 5.69 Å². The number of carbonyl (C=O) groups excluding carboxylic acids is 2. The molecule has 0 atom stereocenters. The number of nitrogens with zero attached hydrogens (tertiary/aromatic N) is 3. The van der Waals surface area contributed by atoms with Crippen molar-refractivity contribution in [1.29, 1.82) is 0 Å². The lowest BCUT2D eigenvalue weighted by Gasteiger charge is -2.35. The van der Waals surface area contributed by atoms with Crippen molar-refractivity contribution in [3.63, 3.8) is 0 Å². The minimum Gasteiger partial charge on any atom is -0.348 e. The molecule has 0 aromatic carbocycles. The summed E-state index contributed by atoms with van der Waals surface area (Å²) in [6.45, 7) is 7.15. The zero-order valence-corrected chi connectivity index (χ0v) is 12.8. The summed E-state index contributed by atoms with van der Waals surface area (Å²) < 4.78 is 0. The highest BCUT2D eigenvalue weighted by atomic mass is 16.2. The number of carbonyl (C=O) groups is 2. The van der Waals surface area contributed by atoms with Gasteiger partial charge in [-0.25, -0.2) is 4.98 Å². The van der Waals surface area contributed by atoms with Gasteiger partial charge in [-0.2, -0.15) is 0 Å². The Morgan fingerprint density at radius 1 is 1.24 bits per heavy atom. The average Bonchev–Trinajstić information content (AvgIpc) is 2.47. The van der Waals surface area contributed by atoms with Crippen LogP contribution in [0.15, 0.2) is 18.6 Å². The monoisotopic (exact) mass is 290 g/mol. The molecule has 1 aromatic heterocycles. The Morgan fingerprint density at radius 3 is 2.43 bits per heavy atom. The van der Waals surface area contributed by atoms with Crippen molar-refractivity contribution in [1.82, 2.24) is 20.2 Å². The van der Waals surface area contributed by atoms with Gasteiger partial charge in [-0.3, -0.25) is 14.6 Å². The molecule has 1 saturated heterocycles. The topological polar surface area (TPSA) is 75.2 Å². The summed E-state index contributed by atoms with van der Waals surface area (Å²) in [5.74, 6) is -0.0371. The van der Waals surface area contributed by atoms with Crippen LogP contribution >= 0.6 is 0 Å². The number of rotatable bonds is 2. The third-order valence-electron chi connectivity index (χ3n) is 3.55. The van der Waals surface area contributed by atoms with E-state index in [2.05, 4.69) is 15.3 Å². The molecule has 2 rings (SSSR count). The van der Waals surface area contributed by atoms with Gasteiger partial charge in [-0.1, -0.05) is 20.8 Å². The van der Waals surface area contributed by atoms with E-state index in [-0.39, 0.29) is 23.3 Å². The largest absolute Gasteiger partial charge is 0.348 e. The first-order chi connectivity index (χ1) is 9.88. The first kappa shape index (κ1) is 15.4. The molecule has 0 radical (unpaired) electrons. The molecule has 0 bridgehead atoms.